The minimum absolute atomic E-state index is 0.0851. The first kappa shape index (κ1) is 19.1. The highest BCUT2D eigenvalue weighted by Crippen LogP contribution is 2.34. The number of hydrogen-bond acceptors (Lipinski definition) is 4. The second-order valence-corrected chi connectivity index (χ2v) is 9.37. The Morgan fingerprint density at radius 3 is 2.33 bits per heavy atom. The minimum atomic E-state index is -0.210. The molecule has 2 rings (SSSR count). The van der Waals surface area contributed by atoms with Gasteiger partial charge in [0.1, 0.15) is 5.78 Å². The molecule has 1 saturated carbocycles. The topological polar surface area (TPSA) is 59.8 Å². The number of carbonyl (C=O) groups excluding carboxylic acids is 1. The van der Waals surface area contributed by atoms with E-state index in [1.54, 1.807) is 0 Å². The zero-order valence-electron chi connectivity index (χ0n) is 16.2. The summed E-state index contributed by atoms with van der Waals surface area (Å²) in [5, 5.41) is 12.0. The Balaban J connectivity index is 1.80. The van der Waals surface area contributed by atoms with E-state index in [9.17, 15) is 4.79 Å². The van der Waals surface area contributed by atoms with E-state index in [-0.39, 0.29) is 16.9 Å². The van der Waals surface area contributed by atoms with E-state index >= 15 is 0 Å². The maximum atomic E-state index is 12.4. The van der Waals surface area contributed by atoms with Crippen LogP contribution in [0.5, 0.6) is 0 Å². The molecule has 136 valence electrons. The SMILES string of the molecule is CC(C)(C)NCc1cn(CC2CCC(C(=O)C(C)(C)C)CC2)nn1. The Morgan fingerprint density at radius 1 is 1.17 bits per heavy atom. The molecule has 0 amide bonds. The molecule has 0 atom stereocenters. The third-order valence-electron chi connectivity index (χ3n) is 4.79. The Bertz CT molecular complexity index is 542. The summed E-state index contributed by atoms with van der Waals surface area (Å²) in [7, 11) is 0. The molecule has 5 nitrogen and oxygen atoms in total. The molecule has 0 saturated heterocycles. The first-order valence-electron chi connectivity index (χ1n) is 9.23. The van der Waals surface area contributed by atoms with Gasteiger partial charge in [-0.1, -0.05) is 26.0 Å². The molecule has 1 aliphatic carbocycles. The summed E-state index contributed by atoms with van der Waals surface area (Å²) < 4.78 is 1.97. The Hall–Kier alpha value is -1.23. The molecule has 0 aromatic carbocycles. The van der Waals surface area contributed by atoms with Gasteiger partial charge in [-0.15, -0.1) is 5.10 Å². The molecule has 1 heterocycles. The summed E-state index contributed by atoms with van der Waals surface area (Å²) >= 11 is 0. The van der Waals surface area contributed by atoms with Gasteiger partial charge in [0.25, 0.3) is 0 Å². The van der Waals surface area contributed by atoms with Gasteiger partial charge < -0.3 is 5.32 Å². The third-order valence-corrected chi connectivity index (χ3v) is 4.79. The van der Waals surface area contributed by atoms with Crippen LogP contribution >= 0.6 is 0 Å². The summed E-state index contributed by atoms with van der Waals surface area (Å²) in [6.45, 7) is 14.2. The second-order valence-electron chi connectivity index (χ2n) is 9.37. The second kappa shape index (κ2) is 7.34. The average molecular weight is 335 g/mol. The van der Waals surface area contributed by atoms with Crippen LogP contribution in [0.1, 0.15) is 72.9 Å². The van der Waals surface area contributed by atoms with E-state index in [0.717, 1.165) is 44.5 Å². The zero-order valence-corrected chi connectivity index (χ0v) is 16.2. The largest absolute Gasteiger partial charge is 0.306 e. The van der Waals surface area contributed by atoms with Crippen LogP contribution in [-0.4, -0.2) is 26.3 Å². The molecule has 1 N–H and O–H groups in total. The lowest BCUT2D eigenvalue weighted by Crippen LogP contribution is -2.35. The molecule has 1 aromatic heterocycles. The number of ketones is 1. The summed E-state index contributed by atoms with van der Waals surface area (Å²) in [4.78, 5) is 12.4. The van der Waals surface area contributed by atoms with E-state index in [1.165, 1.54) is 0 Å². The van der Waals surface area contributed by atoms with Crippen LogP contribution in [-0.2, 0) is 17.9 Å². The van der Waals surface area contributed by atoms with Gasteiger partial charge in [-0.05, 0) is 52.4 Å². The van der Waals surface area contributed by atoms with Gasteiger partial charge >= 0.3 is 0 Å². The molecule has 0 radical (unpaired) electrons. The lowest BCUT2D eigenvalue weighted by Gasteiger charge is -2.31. The van der Waals surface area contributed by atoms with Gasteiger partial charge in [0.15, 0.2) is 0 Å². The van der Waals surface area contributed by atoms with Crippen LogP contribution in [0, 0.1) is 17.3 Å². The molecule has 0 bridgehead atoms. The first-order chi connectivity index (χ1) is 11.0. The molecule has 1 aliphatic rings. The lowest BCUT2D eigenvalue weighted by molar-refractivity contribution is -0.131. The van der Waals surface area contributed by atoms with Crippen LogP contribution in [0.25, 0.3) is 0 Å². The predicted octanol–water partition coefficient (Wildman–Crippen LogP) is 3.59. The van der Waals surface area contributed by atoms with Gasteiger partial charge in [-0.25, -0.2) is 0 Å². The number of carbonyl (C=O) groups is 1. The lowest BCUT2D eigenvalue weighted by atomic mass is 9.73. The van der Waals surface area contributed by atoms with E-state index in [2.05, 4.69) is 36.4 Å². The van der Waals surface area contributed by atoms with Gasteiger partial charge in [0, 0.05) is 36.2 Å². The van der Waals surface area contributed by atoms with Crippen LogP contribution in [0.2, 0.25) is 0 Å². The molecule has 5 heteroatoms. The summed E-state index contributed by atoms with van der Waals surface area (Å²) in [5.74, 6) is 1.29. The van der Waals surface area contributed by atoms with Crippen LogP contribution in [0.4, 0.5) is 0 Å². The predicted molar refractivity (Wildman–Crippen MR) is 96.5 cm³/mol. The van der Waals surface area contributed by atoms with E-state index < -0.39 is 0 Å². The van der Waals surface area contributed by atoms with Gasteiger partial charge in [-0.3, -0.25) is 9.48 Å². The third kappa shape index (κ3) is 5.69. The normalized spacial score (nSPS) is 22.6. The number of rotatable bonds is 5. The number of nitrogens with zero attached hydrogens (tertiary/aromatic N) is 3. The van der Waals surface area contributed by atoms with Crippen molar-refractivity contribution < 1.29 is 4.79 Å². The number of hydrogen-bond donors (Lipinski definition) is 1. The van der Waals surface area contributed by atoms with Gasteiger partial charge in [-0.2, -0.15) is 0 Å². The molecular weight excluding hydrogens is 300 g/mol. The maximum absolute atomic E-state index is 12.4. The van der Waals surface area contributed by atoms with Crippen LogP contribution in [0.15, 0.2) is 6.20 Å². The van der Waals surface area contributed by atoms with Crippen molar-refractivity contribution in [3.63, 3.8) is 0 Å². The fraction of sp³-hybridized carbons (Fsp3) is 0.842. The standard InChI is InChI=1S/C19H34N4O/c1-18(2,3)17(24)15-9-7-14(8-10-15)12-23-13-16(21-22-23)11-20-19(4,5)6/h13-15,20H,7-12H2,1-6H3. The van der Waals surface area contributed by atoms with Crippen molar-refractivity contribution in [3.05, 3.63) is 11.9 Å². The van der Waals surface area contributed by atoms with Crippen LogP contribution in [0.3, 0.4) is 0 Å². The average Bonchev–Trinajstić information content (AvgIpc) is 2.91. The minimum Gasteiger partial charge on any atom is -0.306 e. The maximum Gasteiger partial charge on any atom is 0.141 e. The molecule has 1 aromatic rings. The summed E-state index contributed by atoms with van der Waals surface area (Å²) in [5.41, 5.74) is 0.863. The number of Topliss-reactive ketones (excluding diaryl/α,β-unsaturated/α-hetero) is 1. The first-order valence-corrected chi connectivity index (χ1v) is 9.23. The molecular formula is C19H34N4O. The fourth-order valence-electron chi connectivity index (χ4n) is 3.35. The summed E-state index contributed by atoms with van der Waals surface area (Å²) in [6.07, 6.45) is 6.32. The highest BCUT2D eigenvalue weighted by atomic mass is 16.1. The molecule has 1 fully saturated rings. The highest BCUT2D eigenvalue weighted by molar-refractivity contribution is 5.85. The molecule has 0 spiro atoms. The van der Waals surface area contributed by atoms with Crippen LogP contribution < -0.4 is 5.32 Å². The number of nitrogens with one attached hydrogen (secondary N) is 1. The van der Waals surface area contributed by atoms with Crippen molar-refractivity contribution in [2.45, 2.75) is 85.9 Å². The van der Waals surface area contributed by atoms with E-state index in [1.807, 2.05) is 31.6 Å². The Morgan fingerprint density at radius 2 is 1.79 bits per heavy atom. The van der Waals surface area contributed by atoms with Crippen molar-refractivity contribution in [1.82, 2.24) is 20.3 Å². The van der Waals surface area contributed by atoms with Crippen molar-refractivity contribution in [2.75, 3.05) is 0 Å². The Labute approximate surface area is 146 Å². The van der Waals surface area contributed by atoms with Crippen molar-refractivity contribution in [2.24, 2.45) is 17.3 Å². The fourth-order valence-corrected chi connectivity index (χ4v) is 3.35. The monoisotopic (exact) mass is 334 g/mol. The van der Waals surface area contributed by atoms with Crippen molar-refractivity contribution in [3.8, 4) is 0 Å². The van der Waals surface area contributed by atoms with E-state index in [0.29, 0.717) is 11.7 Å². The van der Waals surface area contributed by atoms with Crippen molar-refractivity contribution >= 4 is 5.78 Å². The van der Waals surface area contributed by atoms with E-state index in [4.69, 9.17) is 0 Å². The smallest absolute Gasteiger partial charge is 0.141 e. The van der Waals surface area contributed by atoms with Gasteiger partial charge in [0.05, 0.1) is 5.69 Å². The zero-order chi connectivity index (χ0) is 18.0. The number of aromatic nitrogens is 3. The van der Waals surface area contributed by atoms with Gasteiger partial charge in [0.2, 0.25) is 0 Å². The Kier molecular flexibility index (Phi) is 5.84. The summed E-state index contributed by atoms with van der Waals surface area (Å²) in [6, 6.07) is 0. The molecule has 0 unspecified atom stereocenters. The molecule has 24 heavy (non-hydrogen) atoms. The van der Waals surface area contributed by atoms with Crippen molar-refractivity contribution in [1.29, 1.82) is 0 Å². The molecule has 0 aliphatic heterocycles. The quantitative estimate of drug-likeness (QED) is 0.894. The highest BCUT2D eigenvalue weighted by Gasteiger charge is 2.32.